The molecule has 0 aromatic heterocycles. The molecule has 0 saturated heterocycles. The fourth-order valence-corrected chi connectivity index (χ4v) is 2.47. The summed E-state index contributed by atoms with van der Waals surface area (Å²) in [5.41, 5.74) is 6.90. The first-order valence-corrected chi connectivity index (χ1v) is 7.53. The van der Waals surface area contributed by atoms with Gasteiger partial charge in [-0.05, 0) is 48.6 Å². The maximum atomic E-state index is 11.0. The van der Waals surface area contributed by atoms with E-state index in [0.717, 1.165) is 0 Å². The van der Waals surface area contributed by atoms with Crippen molar-refractivity contribution >= 4 is 69.4 Å². The predicted octanol–water partition coefficient (Wildman–Crippen LogP) is 4.55. The number of primary amides is 1. The molecule has 2 aromatic rings. The number of carbonyl (C=O) groups excluding carboxylic acids is 1. The average molecular weight is 375 g/mol. The van der Waals surface area contributed by atoms with Gasteiger partial charge < -0.3 is 16.4 Å². The van der Waals surface area contributed by atoms with Gasteiger partial charge in [0.2, 0.25) is 5.91 Å². The molecule has 1 amide bonds. The van der Waals surface area contributed by atoms with Gasteiger partial charge in [0.15, 0.2) is 5.11 Å². The van der Waals surface area contributed by atoms with Crippen molar-refractivity contribution in [1.82, 2.24) is 0 Å². The molecule has 0 spiro atoms. The van der Waals surface area contributed by atoms with Crippen molar-refractivity contribution in [2.24, 2.45) is 5.73 Å². The van der Waals surface area contributed by atoms with Crippen LogP contribution in [-0.2, 0) is 0 Å². The summed E-state index contributed by atoms with van der Waals surface area (Å²) < 4.78 is 0. The molecule has 8 heteroatoms. The quantitative estimate of drug-likeness (QED) is 0.544. The minimum Gasteiger partial charge on any atom is -0.366 e. The number of benzene rings is 2. The highest BCUT2D eigenvalue weighted by Crippen LogP contribution is 2.33. The molecule has 0 saturated carbocycles. The number of rotatable bonds is 3. The number of nitrogens with one attached hydrogen (secondary N) is 2. The van der Waals surface area contributed by atoms with Crippen LogP contribution < -0.4 is 16.4 Å². The Morgan fingerprint density at radius 2 is 1.45 bits per heavy atom. The fourth-order valence-electron chi connectivity index (χ4n) is 1.64. The maximum Gasteiger partial charge on any atom is 0.248 e. The van der Waals surface area contributed by atoms with Crippen LogP contribution in [0.1, 0.15) is 10.4 Å². The van der Waals surface area contributed by atoms with E-state index in [-0.39, 0.29) is 5.02 Å². The molecule has 0 aliphatic carbocycles. The monoisotopic (exact) mass is 373 g/mol. The Labute approximate surface area is 147 Å². The summed E-state index contributed by atoms with van der Waals surface area (Å²) >= 11 is 23.0. The third-order valence-corrected chi connectivity index (χ3v) is 4.07. The molecule has 4 N–H and O–H groups in total. The Morgan fingerprint density at radius 1 is 0.955 bits per heavy atom. The molecule has 0 radical (unpaired) electrons. The van der Waals surface area contributed by atoms with Crippen molar-refractivity contribution in [3.05, 3.63) is 57.0 Å². The maximum absolute atomic E-state index is 11.0. The van der Waals surface area contributed by atoms with Crippen LogP contribution in [0.4, 0.5) is 11.4 Å². The van der Waals surface area contributed by atoms with Crippen molar-refractivity contribution in [3.63, 3.8) is 0 Å². The minimum absolute atomic E-state index is 0.287. The second-order valence-electron chi connectivity index (χ2n) is 4.27. The third kappa shape index (κ3) is 4.24. The van der Waals surface area contributed by atoms with E-state index in [2.05, 4.69) is 10.6 Å². The van der Waals surface area contributed by atoms with E-state index in [1.807, 2.05) is 0 Å². The van der Waals surface area contributed by atoms with Gasteiger partial charge in [-0.3, -0.25) is 4.79 Å². The molecular formula is C14H10Cl3N3OS. The lowest BCUT2D eigenvalue weighted by atomic mass is 10.2. The van der Waals surface area contributed by atoms with Gasteiger partial charge >= 0.3 is 0 Å². The normalized spacial score (nSPS) is 10.1. The van der Waals surface area contributed by atoms with Crippen molar-refractivity contribution in [2.45, 2.75) is 0 Å². The molecular weight excluding hydrogens is 365 g/mol. The number of hydrogen-bond donors (Lipinski definition) is 3. The first-order chi connectivity index (χ1) is 10.4. The Morgan fingerprint density at radius 3 is 1.95 bits per heavy atom. The van der Waals surface area contributed by atoms with Crippen molar-refractivity contribution < 1.29 is 4.79 Å². The molecule has 2 aromatic carbocycles. The van der Waals surface area contributed by atoms with E-state index < -0.39 is 5.91 Å². The Balaban J connectivity index is 2.05. The lowest BCUT2D eigenvalue weighted by Gasteiger charge is -2.12. The number of nitrogens with two attached hydrogens (primary N) is 1. The molecule has 114 valence electrons. The molecule has 0 aliphatic heterocycles. The van der Waals surface area contributed by atoms with Crippen LogP contribution in [0.2, 0.25) is 15.1 Å². The topological polar surface area (TPSA) is 67.2 Å². The summed E-state index contributed by atoms with van der Waals surface area (Å²) in [6.45, 7) is 0. The molecule has 0 atom stereocenters. The van der Waals surface area contributed by atoms with Gasteiger partial charge in [-0.1, -0.05) is 34.8 Å². The van der Waals surface area contributed by atoms with Crippen LogP contribution in [0.3, 0.4) is 0 Å². The summed E-state index contributed by atoms with van der Waals surface area (Å²) in [6, 6.07) is 9.80. The second-order valence-corrected chi connectivity index (χ2v) is 5.88. The van der Waals surface area contributed by atoms with E-state index in [4.69, 9.17) is 52.8 Å². The summed E-state index contributed by atoms with van der Waals surface area (Å²) in [7, 11) is 0. The van der Waals surface area contributed by atoms with Crippen molar-refractivity contribution in [2.75, 3.05) is 10.6 Å². The van der Waals surface area contributed by atoms with Gasteiger partial charge in [-0.15, -0.1) is 0 Å². The standard InChI is InChI=1S/C14H10Cl3N3OS/c15-10-5-9(6-11(16)12(10)17)20-14(22)19-8-3-1-7(2-4-8)13(18)21/h1-6H,(H2,18,21)(H2,19,20,22). The Hall–Kier alpha value is -1.53. The highest BCUT2D eigenvalue weighted by Gasteiger charge is 2.07. The number of halogens is 3. The Bertz CT molecular complexity index is 712. The molecule has 22 heavy (non-hydrogen) atoms. The molecule has 2 rings (SSSR count). The average Bonchev–Trinajstić information content (AvgIpc) is 2.45. The number of carbonyl (C=O) groups is 1. The lowest BCUT2D eigenvalue weighted by Crippen LogP contribution is -2.19. The zero-order chi connectivity index (χ0) is 16.3. The van der Waals surface area contributed by atoms with E-state index in [9.17, 15) is 4.79 Å². The molecule has 0 bridgehead atoms. The van der Waals surface area contributed by atoms with Gasteiger partial charge in [0, 0.05) is 16.9 Å². The number of thiocarbonyl (C=S) groups is 1. The van der Waals surface area contributed by atoms with Gasteiger partial charge in [0.1, 0.15) is 0 Å². The van der Waals surface area contributed by atoms with Crippen LogP contribution in [0.25, 0.3) is 0 Å². The number of anilines is 2. The molecule has 0 heterocycles. The largest absolute Gasteiger partial charge is 0.366 e. The smallest absolute Gasteiger partial charge is 0.248 e. The SMILES string of the molecule is NC(=O)c1ccc(NC(=S)Nc2cc(Cl)c(Cl)c(Cl)c2)cc1. The molecule has 4 nitrogen and oxygen atoms in total. The number of amides is 1. The zero-order valence-electron chi connectivity index (χ0n) is 11.0. The van der Waals surface area contributed by atoms with Crippen LogP contribution >= 0.6 is 47.0 Å². The summed E-state index contributed by atoms with van der Waals surface area (Å²) in [6.07, 6.45) is 0. The zero-order valence-corrected chi connectivity index (χ0v) is 14.1. The highest BCUT2D eigenvalue weighted by molar-refractivity contribution is 7.80. The van der Waals surface area contributed by atoms with Crippen molar-refractivity contribution in [3.8, 4) is 0 Å². The summed E-state index contributed by atoms with van der Waals surface area (Å²) in [5, 5.41) is 7.17. The predicted molar refractivity (Wildman–Crippen MR) is 96.3 cm³/mol. The molecule has 0 unspecified atom stereocenters. The van der Waals surface area contributed by atoms with E-state index in [0.29, 0.717) is 32.1 Å². The Kier molecular flexibility index (Phi) is 5.47. The van der Waals surface area contributed by atoms with Crippen molar-refractivity contribution in [1.29, 1.82) is 0 Å². The van der Waals surface area contributed by atoms with E-state index in [1.165, 1.54) is 0 Å². The van der Waals surface area contributed by atoms with Gasteiger partial charge in [0.05, 0.1) is 15.1 Å². The first kappa shape index (κ1) is 16.8. The highest BCUT2D eigenvalue weighted by atomic mass is 35.5. The lowest BCUT2D eigenvalue weighted by molar-refractivity contribution is 0.100. The van der Waals surface area contributed by atoms with Crippen LogP contribution in [0, 0.1) is 0 Å². The summed E-state index contributed by atoms with van der Waals surface area (Å²) in [5.74, 6) is -0.488. The van der Waals surface area contributed by atoms with Gasteiger partial charge in [-0.2, -0.15) is 0 Å². The van der Waals surface area contributed by atoms with Gasteiger partial charge in [0.25, 0.3) is 0 Å². The van der Waals surface area contributed by atoms with Crippen LogP contribution in [0.5, 0.6) is 0 Å². The van der Waals surface area contributed by atoms with Crippen LogP contribution in [-0.4, -0.2) is 11.0 Å². The van der Waals surface area contributed by atoms with E-state index in [1.54, 1.807) is 36.4 Å². The fraction of sp³-hybridized carbons (Fsp3) is 0. The number of hydrogen-bond acceptors (Lipinski definition) is 2. The molecule has 0 fully saturated rings. The van der Waals surface area contributed by atoms with E-state index >= 15 is 0 Å². The molecule has 0 aliphatic rings. The minimum atomic E-state index is -0.488. The first-order valence-electron chi connectivity index (χ1n) is 5.99. The van der Waals surface area contributed by atoms with Gasteiger partial charge in [-0.25, -0.2) is 0 Å². The van der Waals surface area contributed by atoms with Crippen LogP contribution in [0.15, 0.2) is 36.4 Å². The second kappa shape index (κ2) is 7.15. The summed E-state index contributed by atoms with van der Waals surface area (Å²) in [4.78, 5) is 11.0. The third-order valence-electron chi connectivity index (χ3n) is 2.67.